The van der Waals surface area contributed by atoms with Crippen LogP contribution in [0.15, 0.2) is 0 Å². The highest BCUT2D eigenvalue weighted by atomic mass is 16.5. The highest BCUT2D eigenvalue weighted by Crippen LogP contribution is 1.93. The van der Waals surface area contributed by atoms with Gasteiger partial charge >= 0.3 is 5.97 Å². The van der Waals surface area contributed by atoms with E-state index in [2.05, 4.69) is 4.74 Å². The lowest BCUT2D eigenvalue weighted by molar-refractivity contribution is -0.145. The summed E-state index contributed by atoms with van der Waals surface area (Å²) in [6, 6.07) is 0. The Hall–Kier alpha value is -0.610. The molecule has 0 rings (SSSR count). The van der Waals surface area contributed by atoms with E-state index in [1.54, 1.807) is 0 Å². The normalized spacial score (nSPS) is 9.83. The van der Waals surface area contributed by atoms with E-state index in [1.807, 2.05) is 6.92 Å². The van der Waals surface area contributed by atoms with Gasteiger partial charge in [-0.15, -0.1) is 0 Å². The number of esters is 1. The van der Waals surface area contributed by atoms with E-state index in [1.165, 1.54) is 0 Å². The first-order valence-corrected chi connectivity index (χ1v) is 4.15. The van der Waals surface area contributed by atoms with Gasteiger partial charge in [-0.25, -0.2) is 0 Å². The summed E-state index contributed by atoms with van der Waals surface area (Å²) in [5.74, 6) is -0.274. The summed E-state index contributed by atoms with van der Waals surface area (Å²) >= 11 is 0. The third-order valence-electron chi connectivity index (χ3n) is 1.23. The highest BCUT2D eigenvalue weighted by molar-refractivity contribution is 5.69. The summed E-state index contributed by atoms with van der Waals surface area (Å²) in [6.07, 6.45) is 1.04. The van der Waals surface area contributed by atoms with Crippen LogP contribution in [0.3, 0.4) is 0 Å². The molecule has 0 aromatic carbocycles. The molecule has 0 aliphatic rings. The number of carbonyl (C=O) groups excluding carboxylic acids is 1. The van der Waals surface area contributed by atoms with Crippen LogP contribution in [-0.2, 0) is 14.3 Å². The van der Waals surface area contributed by atoms with E-state index in [-0.39, 0.29) is 19.2 Å². The monoisotopic (exact) mass is 176 g/mol. The number of carbonyl (C=O) groups is 1. The van der Waals surface area contributed by atoms with E-state index in [0.717, 1.165) is 0 Å². The first-order valence-electron chi connectivity index (χ1n) is 4.15. The SMILES string of the molecule is CCOCCCC(=O)OCCO. The zero-order valence-electron chi connectivity index (χ0n) is 7.41. The van der Waals surface area contributed by atoms with Crippen molar-refractivity contribution in [3.05, 3.63) is 0 Å². The van der Waals surface area contributed by atoms with Crippen LogP contribution in [0.4, 0.5) is 0 Å². The van der Waals surface area contributed by atoms with Crippen molar-refractivity contribution in [2.45, 2.75) is 19.8 Å². The fourth-order valence-corrected chi connectivity index (χ4v) is 0.695. The van der Waals surface area contributed by atoms with Crippen molar-refractivity contribution in [3.63, 3.8) is 0 Å². The summed E-state index contributed by atoms with van der Waals surface area (Å²) < 4.78 is 9.66. The molecule has 0 unspecified atom stereocenters. The number of aliphatic hydroxyl groups excluding tert-OH is 1. The van der Waals surface area contributed by atoms with Crippen molar-refractivity contribution in [1.82, 2.24) is 0 Å². The molecule has 0 bridgehead atoms. The molecule has 0 amide bonds. The number of hydrogen-bond acceptors (Lipinski definition) is 4. The van der Waals surface area contributed by atoms with E-state index in [0.29, 0.717) is 26.1 Å². The fraction of sp³-hybridized carbons (Fsp3) is 0.875. The predicted octanol–water partition coefficient (Wildman–Crippen LogP) is 0.339. The van der Waals surface area contributed by atoms with Gasteiger partial charge in [0.1, 0.15) is 6.61 Å². The smallest absolute Gasteiger partial charge is 0.305 e. The van der Waals surface area contributed by atoms with Crippen LogP contribution in [0.2, 0.25) is 0 Å². The first-order chi connectivity index (χ1) is 5.81. The molecule has 4 nitrogen and oxygen atoms in total. The van der Waals surface area contributed by atoms with Crippen molar-refractivity contribution < 1.29 is 19.4 Å². The van der Waals surface area contributed by atoms with Gasteiger partial charge < -0.3 is 14.6 Å². The second-order valence-corrected chi connectivity index (χ2v) is 2.24. The van der Waals surface area contributed by atoms with Gasteiger partial charge in [0.15, 0.2) is 0 Å². The van der Waals surface area contributed by atoms with Crippen molar-refractivity contribution in [2.24, 2.45) is 0 Å². The molecule has 12 heavy (non-hydrogen) atoms. The molecule has 0 aromatic rings. The molecular weight excluding hydrogens is 160 g/mol. The second-order valence-electron chi connectivity index (χ2n) is 2.24. The minimum absolute atomic E-state index is 0.0907. The summed E-state index contributed by atoms with van der Waals surface area (Å²) in [5.41, 5.74) is 0. The molecule has 0 fully saturated rings. The van der Waals surface area contributed by atoms with Crippen LogP contribution >= 0.6 is 0 Å². The molecule has 0 aliphatic heterocycles. The molecule has 0 saturated heterocycles. The van der Waals surface area contributed by atoms with Crippen LogP contribution in [0.1, 0.15) is 19.8 Å². The number of hydrogen-bond donors (Lipinski definition) is 1. The predicted molar refractivity (Wildman–Crippen MR) is 43.8 cm³/mol. The van der Waals surface area contributed by atoms with Crippen molar-refractivity contribution in [3.8, 4) is 0 Å². The van der Waals surface area contributed by atoms with Crippen LogP contribution < -0.4 is 0 Å². The van der Waals surface area contributed by atoms with E-state index >= 15 is 0 Å². The molecule has 0 radical (unpaired) electrons. The molecule has 72 valence electrons. The summed E-state index contributed by atoms with van der Waals surface area (Å²) in [7, 11) is 0. The first kappa shape index (κ1) is 11.4. The fourth-order valence-electron chi connectivity index (χ4n) is 0.695. The maximum absolute atomic E-state index is 10.8. The Morgan fingerprint density at radius 2 is 2.17 bits per heavy atom. The van der Waals surface area contributed by atoms with Gasteiger partial charge in [-0.1, -0.05) is 0 Å². The van der Waals surface area contributed by atoms with Crippen LogP contribution in [0, 0.1) is 0 Å². The zero-order valence-corrected chi connectivity index (χ0v) is 7.41. The lowest BCUT2D eigenvalue weighted by atomic mass is 10.3. The lowest BCUT2D eigenvalue weighted by Crippen LogP contribution is -2.09. The Morgan fingerprint density at radius 3 is 2.75 bits per heavy atom. The quantitative estimate of drug-likeness (QED) is 0.449. The van der Waals surface area contributed by atoms with Crippen molar-refractivity contribution >= 4 is 5.97 Å². The molecule has 1 N–H and O–H groups in total. The Morgan fingerprint density at radius 1 is 1.42 bits per heavy atom. The van der Waals surface area contributed by atoms with Gasteiger partial charge in [-0.3, -0.25) is 4.79 Å². The summed E-state index contributed by atoms with van der Waals surface area (Å²) in [5, 5.41) is 8.32. The topological polar surface area (TPSA) is 55.8 Å². The van der Waals surface area contributed by atoms with Gasteiger partial charge in [0.05, 0.1) is 6.61 Å². The van der Waals surface area contributed by atoms with Crippen molar-refractivity contribution in [2.75, 3.05) is 26.4 Å². The second kappa shape index (κ2) is 8.49. The number of rotatable bonds is 7. The molecule has 0 aromatic heterocycles. The minimum atomic E-state index is -0.274. The van der Waals surface area contributed by atoms with Crippen molar-refractivity contribution in [1.29, 1.82) is 0 Å². The maximum Gasteiger partial charge on any atom is 0.305 e. The van der Waals surface area contributed by atoms with Crippen LogP contribution in [0.5, 0.6) is 0 Å². The third-order valence-corrected chi connectivity index (χ3v) is 1.23. The molecule has 0 aliphatic carbocycles. The Labute approximate surface area is 72.5 Å². The van der Waals surface area contributed by atoms with Gasteiger partial charge in [0, 0.05) is 19.6 Å². The molecule has 0 spiro atoms. The molecule has 0 atom stereocenters. The lowest BCUT2D eigenvalue weighted by Gasteiger charge is -2.02. The van der Waals surface area contributed by atoms with E-state index in [4.69, 9.17) is 9.84 Å². The van der Waals surface area contributed by atoms with E-state index < -0.39 is 0 Å². The molecule has 0 saturated carbocycles. The Kier molecular flexibility index (Phi) is 8.05. The largest absolute Gasteiger partial charge is 0.463 e. The summed E-state index contributed by atoms with van der Waals surface area (Å²) in [4.78, 5) is 10.8. The van der Waals surface area contributed by atoms with Gasteiger partial charge in [-0.2, -0.15) is 0 Å². The minimum Gasteiger partial charge on any atom is -0.463 e. The third kappa shape index (κ3) is 7.50. The van der Waals surface area contributed by atoms with Gasteiger partial charge in [0.25, 0.3) is 0 Å². The Balaban J connectivity index is 3.08. The van der Waals surface area contributed by atoms with Gasteiger partial charge in [-0.05, 0) is 13.3 Å². The zero-order chi connectivity index (χ0) is 9.23. The highest BCUT2D eigenvalue weighted by Gasteiger charge is 2.00. The van der Waals surface area contributed by atoms with Crippen LogP contribution in [0.25, 0.3) is 0 Å². The number of aliphatic hydroxyl groups is 1. The standard InChI is InChI=1S/C8H16O4/c1-2-11-6-3-4-8(10)12-7-5-9/h9H,2-7H2,1H3. The molecular formula is C8H16O4. The average Bonchev–Trinajstić information content (AvgIpc) is 2.09. The summed E-state index contributed by atoms with van der Waals surface area (Å²) in [6.45, 7) is 3.14. The van der Waals surface area contributed by atoms with E-state index in [9.17, 15) is 4.79 Å². The Bertz CT molecular complexity index is 114. The molecule has 0 heterocycles. The maximum atomic E-state index is 10.8. The number of ether oxygens (including phenoxy) is 2. The average molecular weight is 176 g/mol. The molecule has 4 heteroatoms. The van der Waals surface area contributed by atoms with Gasteiger partial charge in [0.2, 0.25) is 0 Å². The van der Waals surface area contributed by atoms with Crippen LogP contribution in [-0.4, -0.2) is 37.5 Å².